The highest BCUT2D eigenvalue weighted by Gasteiger charge is 2.44. The maximum atomic E-state index is 12.2. The third-order valence-electron chi connectivity index (χ3n) is 4.68. The number of ether oxygens (including phenoxy) is 1. The number of hydrogen-bond acceptors (Lipinski definition) is 4. The first-order valence-electron chi connectivity index (χ1n) is 7.20. The number of nitrogens with zero attached hydrogens (tertiary/aromatic N) is 1. The van der Waals surface area contributed by atoms with E-state index in [1.165, 1.54) is 12.8 Å². The largest absolute Gasteiger partial charge is 0.374 e. The summed E-state index contributed by atoms with van der Waals surface area (Å²) < 4.78 is 5.92. The highest BCUT2D eigenvalue weighted by atomic mass is 32.1. The SMILES string of the molecule is CC1(C)CC(=O)c2sc(C3CC4CCC3O4)nc2C1. The second kappa shape index (κ2) is 3.89. The van der Waals surface area contributed by atoms with Crippen LogP contribution < -0.4 is 0 Å². The number of carbonyl (C=O) groups is 1. The molecule has 4 rings (SSSR count). The third-order valence-corrected chi connectivity index (χ3v) is 5.95. The molecule has 2 aliphatic heterocycles. The summed E-state index contributed by atoms with van der Waals surface area (Å²) in [5, 5.41) is 1.16. The van der Waals surface area contributed by atoms with Crippen LogP contribution in [0, 0.1) is 5.41 Å². The molecule has 3 heterocycles. The Kier molecular flexibility index (Phi) is 2.46. The Bertz CT molecular complexity index is 548. The van der Waals surface area contributed by atoms with Crippen LogP contribution in [0.5, 0.6) is 0 Å². The van der Waals surface area contributed by atoms with Gasteiger partial charge in [-0.1, -0.05) is 13.8 Å². The minimum absolute atomic E-state index is 0.0700. The molecule has 2 fully saturated rings. The van der Waals surface area contributed by atoms with Crippen LogP contribution in [0.4, 0.5) is 0 Å². The highest BCUT2D eigenvalue weighted by Crippen LogP contribution is 2.47. The molecule has 1 aromatic heterocycles. The van der Waals surface area contributed by atoms with Gasteiger partial charge in [0, 0.05) is 12.3 Å². The van der Waals surface area contributed by atoms with E-state index in [-0.39, 0.29) is 5.41 Å². The summed E-state index contributed by atoms with van der Waals surface area (Å²) in [6.45, 7) is 4.32. The number of thiazole rings is 1. The zero-order chi connectivity index (χ0) is 13.2. The van der Waals surface area contributed by atoms with E-state index in [0.717, 1.165) is 28.4 Å². The predicted octanol–water partition coefficient (Wildman–Crippen LogP) is 3.33. The van der Waals surface area contributed by atoms with E-state index >= 15 is 0 Å². The molecule has 102 valence electrons. The molecular formula is C15H19NO2S. The molecule has 3 unspecified atom stereocenters. The maximum Gasteiger partial charge on any atom is 0.175 e. The standard InChI is InChI=1S/C15H19NO2S/c1-15(2)6-10-13(11(17)7-15)19-14(16-10)9-5-8-3-4-12(9)18-8/h8-9,12H,3-7H2,1-2H3. The van der Waals surface area contributed by atoms with Crippen LogP contribution in [0.2, 0.25) is 0 Å². The van der Waals surface area contributed by atoms with E-state index in [9.17, 15) is 4.79 Å². The monoisotopic (exact) mass is 277 g/mol. The molecule has 3 aliphatic rings. The molecular weight excluding hydrogens is 258 g/mol. The van der Waals surface area contributed by atoms with E-state index in [0.29, 0.717) is 30.3 Å². The highest BCUT2D eigenvalue weighted by molar-refractivity contribution is 7.14. The zero-order valence-corrected chi connectivity index (χ0v) is 12.3. The Labute approximate surface area is 117 Å². The predicted molar refractivity (Wildman–Crippen MR) is 73.8 cm³/mol. The van der Waals surface area contributed by atoms with Crippen molar-refractivity contribution >= 4 is 17.1 Å². The minimum atomic E-state index is 0.0700. The Morgan fingerprint density at radius 1 is 1.32 bits per heavy atom. The van der Waals surface area contributed by atoms with E-state index < -0.39 is 0 Å². The summed E-state index contributed by atoms with van der Waals surface area (Å²) in [5.74, 6) is 0.740. The topological polar surface area (TPSA) is 39.2 Å². The van der Waals surface area contributed by atoms with Gasteiger partial charge >= 0.3 is 0 Å². The van der Waals surface area contributed by atoms with Crippen LogP contribution in [0.3, 0.4) is 0 Å². The summed E-state index contributed by atoms with van der Waals surface area (Å²) in [7, 11) is 0. The number of fused-ring (bicyclic) bond motifs is 3. The van der Waals surface area contributed by atoms with Crippen molar-refractivity contribution in [1.82, 2.24) is 4.98 Å². The minimum Gasteiger partial charge on any atom is -0.374 e. The third kappa shape index (κ3) is 1.88. The molecule has 0 radical (unpaired) electrons. The van der Waals surface area contributed by atoms with Crippen molar-refractivity contribution in [2.75, 3.05) is 0 Å². The van der Waals surface area contributed by atoms with Crippen molar-refractivity contribution < 1.29 is 9.53 Å². The quantitative estimate of drug-likeness (QED) is 0.790. The van der Waals surface area contributed by atoms with Crippen LogP contribution in [0.1, 0.15) is 65.8 Å². The molecule has 0 saturated carbocycles. The van der Waals surface area contributed by atoms with Gasteiger partial charge in [-0.25, -0.2) is 4.98 Å². The van der Waals surface area contributed by atoms with E-state index in [1.807, 2.05) is 0 Å². The molecule has 0 N–H and O–H groups in total. The van der Waals surface area contributed by atoms with E-state index in [1.54, 1.807) is 11.3 Å². The van der Waals surface area contributed by atoms with Gasteiger partial charge in [-0.3, -0.25) is 4.79 Å². The van der Waals surface area contributed by atoms with Crippen LogP contribution in [-0.2, 0) is 11.2 Å². The second-order valence-electron chi connectivity index (χ2n) is 6.98. The molecule has 2 bridgehead atoms. The molecule has 0 aromatic carbocycles. The molecule has 3 nitrogen and oxygen atoms in total. The van der Waals surface area contributed by atoms with Gasteiger partial charge in [0.15, 0.2) is 5.78 Å². The van der Waals surface area contributed by atoms with Gasteiger partial charge in [0.25, 0.3) is 0 Å². The number of Topliss-reactive ketones (excluding diaryl/α,β-unsaturated/α-hetero) is 1. The van der Waals surface area contributed by atoms with Crippen molar-refractivity contribution in [3.05, 3.63) is 15.6 Å². The Balaban J connectivity index is 1.68. The lowest BCUT2D eigenvalue weighted by Crippen LogP contribution is -2.26. The molecule has 4 heteroatoms. The lowest BCUT2D eigenvalue weighted by molar-refractivity contribution is 0.0916. The molecule has 1 aromatic rings. The molecule has 1 aliphatic carbocycles. The van der Waals surface area contributed by atoms with Gasteiger partial charge in [-0.2, -0.15) is 0 Å². The van der Waals surface area contributed by atoms with Gasteiger partial charge in [0.1, 0.15) is 0 Å². The first-order valence-corrected chi connectivity index (χ1v) is 8.02. The molecule has 3 atom stereocenters. The van der Waals surface area contributed by atoms with Crippen LogP contribution >= 0.6 is 11.3 Å². The molecule has 19 heavy (non-hydrogen) atoms. The van der Waals surface area contributed by atoms with Crippen LogP contribution in [0.25, 0.3) is 0 Å². The van der Waals surface area contributed by atoms with Crippen molar-refractivity contribution in [1.29, 1.82) is 0 Å². The fourth-order valence-electron chi connectivity index (χ4n) is 3.79. The number of aromatic nitrogens is 1. The average Bonchev–Trinajstić information content (AvgIpc) is 2.98. The van der Waals surface area contributed by atoms with Gasteiger partial charge < -0.3 is 4.74 Å². The lowest BCUT2D eigenvalue weighted by atomic mass is 9.78. The van der Waals surface area contributed by atoms with Gasteiger partial charge in [-0.15, -0.1) is 11.3 Å². The summed E-state index contributed by atoms with van der Waals surface area (Å²) >= 11 is 1.64. The first-order chi connectivity index (χ1) is 9.02. The van der Waals surface area contributed by atoms with Crippen molar-refractivity contribution in [2.45, 2.75) is 64.1 Å². The zero-order valence-electron chi connectivity index (χ0n) is 11.4. The van der Waals surface area contributed by atoms with Gasteiger partial charge in [0.2, 0.25) is 0 Å². The van der Waals surface area contributed by atoms with Crippen LogP contribution in [0.15, 0.2) is 0 Å². The number of rotatable bonds is 1. The Hall–Kier alpha value is -0.740. The average molecular weight is 277 g/mol. The lowest BCUT2D eigenvalue weighted by Gasteiger charge is -2.26. The van der Waals surface area contributed by atoms with Crippen molar-refractivity contribution in [2.24, 2.45) is 5.41 Å². The summed E-state index contributed by atoms with van der Waals surface area (Å²) in [4.78, 5) is 18.0. The van der Waals surface area contributed by atoms with E-state index in [4.69, 9.17) is 9.72 Å². The molecule has 2 saturated heterocycles. The Morgan fingerprint density at radius 3 is 2.84 bits per heavy atom. The first kappa shape index (κ1) is 12.0. The maximum absolute atomic E-state index is 12.2. The smallest absolute Gasteiger partial charge is 0.175 e. The fourth-order valence-corrected chi connectivity index (χ4v) is 4.98. The fraction of sp³-hybridized carbons (Fsp3) is 0.733. The van der Waals surface area contributed by atoms with Gasteiger partial charge in [0.05, 0.1) is 27.8 Å². The summed E-state index contributed by atoms with van der Waals surface area (Å²) in [6.07, 6.45) is 5.89. The van der Waals surface area contributed by atoms with Crippen LogP contribution in [-0.4, -0.2) is 23.0 Å². The number of carbonyl (C=O) groups excluding carboxylic acids is 1. The molecule has 0 spiro atoms. The second-order valence-corrected chi connectivity index (χ2v) is 8.02. The number of hydrogen-bond donors (Lipinski definition) is 0. The summed E-state index contributed by atoms with van der Waals surface area (Å²) in [5.41, 5.74) is 1.12. The number of ketones is 1. The Morgan fingerprint density at radius 2 is 2.16 bits per heavy atom. The van der Waals surface area contributed by atoms with Crippen molar-refractivity contribution in [3.8, 4) is 0 Å². The summed E-state index contributed by atoms with van der Waals surface area (Å²) in [6, 6.07) is 0. The van der Waals surface area contributed by atoms with Gasteiger partial charge in [-0.05, 0) is 31.1 Å². The van der Waals surface area contributed by atoms with Crippen molar-refractivity contribution in [3.63, 3.8) is 0 Å². The molecule has 0 amide bonds. The van der Waals surface area contributed by atoms with E-state index in [2.05, 4.69) is 13.8 Å². The normalized spacial score (nSPS) is 35.7.